The van der Waals surface area contributed by atoms with Gasteiger partial charge in [0, 0.05) is 24.4 Å². The largest absolute Gasteiger partial charge is 0.325 e. The molecule has 1 aliphatic heterocycles. The van der Waals surface area contributed by atoms with Crippen molar-refractivity contribution in [3.05, 3.63) is 78.4 Å². The molecule has 2 aromatic heterocycles. The number of rotatable bonds is 6. The van der Waals surface area contributed by atoms with E-state index in [1.807, 2.05) is 36.4 Å². The highest BCUT2D eigenvalue weighted by molar-refractivity contribution is 5.92. The van der Waals surface area contributed by atoms with Gasteiger partial charge in [0.05, 0.1) is 12.2 Å². The van der Waals surface area contributed by atoms with E-state index in [9.17, 15) is 9.18 Å². The standard InChI is InChI=1S/C23H24FN5O/c24-18-8-1-2-9-20(18)27-23(30)16-29-14-6-7-17(15-29)19-10-5-12-22(26-19)28-21-11-3-4-13-25-21/h1-5,8-13,17H,6-7,14-16H2,(H,27,30)(H,25,26,28). The lowest BCUT2D eigenvalue weighted by Gasteiger charge is -2.32. The number of carbonyl (C=O) groups excluding carboxylic acids is 1. The van der Waals surface area contributed by atoms with Gasteiger partial charge in [-0.15, -0.1) is 0 Å². The fraction of sp³-hybridized carbons (Fsp3) is 0.261. The van der Waals surface area contributed by atoms with E-state index in [0.29, 0.717) is 0 Å². The Hall–Kier alpha value is -3.32. The van der Waals surface area contributed by atoms with Gasteiger partial charge in [0.2, 0.25) is 5.91 Å². The molecule has 6 nitrogen and oxygen atoms in total. The second-order valence-electron chi connectivity index (χ2n) is 7.39. The lowest BCUT2D eigenvalue weighted by molar-refractivity contribution is -0.117. The number of carbonyl (C=O) groups is 1. The highest BCUT2D eigenvalue weighted by Gasteiger charge is 2.24. The first kappa shape index (κ1) is 20.0. The van der Waals surface area contributed by atoms with Gasteiger partial charge < -0.3 is 10.6 Å². The van der Waals surface area contributed by atoms with Crippen molar-refractivity contribution in [3.63, 3.8) is 0 Å². The summed E-state index contributed by atoms with van der Waals surface area (Å²) in [7, 11) is 0. The van der Waals surface area contributed by atoms with Crippen LogP contribution < -0.4 is 10.6 Å². The van der Waals surface area contributed by atoms with Crippen molar-refractivity contribution < 1.29 is 9.18 Å². The zero-order valence-corrected chi connectivity index (χ0v) is 16.6. The number of nitrogens with one attached hydrogen (secondary N) is 2. The molecule has 7 heteroatoms. The molecule has 1 unspecified atom stereocenters. The van der Waals surface area contributed by atoms with Gasteiger partial charge in [0.1, 0.15) is 17.5 Å². The van der Waals surface area contributed by atoms with Crippen molar-refractivity contribution in [1.29, 1.82) is 0 Å². The van der Waals surface area contributed by atoms with Gasteiger partial charge in [-0.3, -0.25) is 9.69 Å². The van der Waals surface area contributed by atoms with E-state index >= 15 is 0 Å². The molecule has 1 aliphatic rings. The maximum absolute atomic E-state index is 13.8. The summed E-state index contributed by atoms with van der Waals surface area (Å²) in [5.74, 6) is 1.10. The van der Waals surface area contributed by atoms with Crippen LogP contribution in [0.15, 0.2) is 66.9 Å². The number of piperidine rings is 1. The molecule has 3 heterocycles. The van der Waals surface area contributed by atoms with Gasteiger partial charge in [-0.2, -0.15) is 0 Å². The number of aromatic nitrogens is 2. The van der Waals surface area contributed by atoms with Crippen LogP contribution in [0.3, 0.4) is 0 Å². The summed E-state index contributed by atoms with van der Waals surface area (Å²) in [6.45, 7) is 1.81. The number of hydrogen-bond donors (Lipinski definition) is 2. The fourth-order valence-corrected chi connectivity index (χ4v) is 3.71. The van der Waals surface area contributed by atoms with Gasteiger partial charge in [0.25, 0.3) is 0 Å². The summed E-state index contributed by atoms with van der Waals surface area (Å²) in [6, 6.07) is 17.8. The Bertz CT molecular complexity index is 998. The molecule has 1 fully saturated rings. The first-order valence-corrected chi connectivity index (χ1v) is 10.1. The highest BCUT2D eigenvalue weighted by Crippen LogP contribution is 2.27. The van der Waals surface area contributed by atoms with Crippen LogP contribution >= 0.6 is 0 Å². The SMILES string of the molecule is O=C(CN1CCCC(c2cccc(Nc3ccccn3)n2)C1)Nc1ccccc1F. The molecule has 30 heavy (non-hydrogen) atoms. The molecule has 1 atom stereocenters. The molecule has 2 N–H and O–H groups in total. The molecule has 0 spiro atoms. The second-order valence-corrected chi connectivity index (χ2v) is 7.39. The van der Waals surface area contributed by atoms with Crippen molar-refractivity contribution in [2.45, 2.75) is 18.8 Å². The van der Waals surface area contributed by atoms with E-state index in [4.69, 9.17) is 4.98 Å². The molecule has 0 aliphatic carbocycles. The molecule has 0 bridgehead atoms. The van der Waals surface area contributed by atoms with Gasteiger partial charge in [-0.1, -0.05) is 24.3 Å². The number of halogens is 1. The lowest BCUT2D eigenvalue weighted by Crippen LogP contribution is -2.40. The first-order chi connectivity index (χ1) is 14.7. The van der Waals surface area contributed by atoms with Gasteiger partial charge in [-0.25, -0.2) is 14.4 Å². The highest BCUT2D eigenvalue weighted by atomic mass is 19.1. The number of likely N-dealkylation sites (tertiary alicyclic amines) is 1. The second kappa shape index (κ2) is 9.45. The monoisotopic (exact) mass is 405 g/mol. The predicted octanol–water partition coefficient (Wildman–Crippen LogP) is 4.18. The third kappa shape index (κ3) is 5.18. The minimum atomic E-state index is -0.427. The maximum atomic E-state index is 13.8. The summed E-state index contributed by atoms with van der Waals surface area (Å²) in [5.41, 5.74) is 1.21. The van der Waals surface area contributed by atoms with Crippen LogP contribution in [0.25, 0.3) is 0 Å². The van der Waals surface area contributed by atoms with Crippen LogP contribution in [0.2, 0.25) is 0 Å². The van der Waals surface area contributed by atoms with Crippen LogP contribution in [0.1, 0.15) is 24.5 Å². The molecule has 3 aromatic rings. The Morgan fingerprint density at radius 1 is 1.07 bits per heavy atom. The van der Waals surface area contributed by atoms with Crippen LogP contribution in [0.4, 0.5) is 21.7 Å². The van der Waals surface area contributed by atoms with E-state index in [0.717, 1.165) is 43.3 Å². The van der Waals surface area contributed by atoms with E-state index in [1.54, 1.807) is 24.4 Å². The number of nitrogens with zero attached hydrogens (tertiary/aromatic N) is 3. The van der Waals surface area contributed by atoms with Gasteiger partial charge >= 0.3 is 0 Å². The Morgan fingerprint density at radius 3 is 2.73 bits per heavy atom. The molecule has 1 aromatic carbocycles. The summed E-state index contributed by atoms with van der Waals surface area (Å²) in [5, 5.41) is 5.88. The van der Waals surface area contributed by atoms with Crippen molar-refractivity contribution in [2.75, 3.05) is 30.3 Å². The van der Waals surface area contributed by atoms with Crippen molar-refractivity contribution >= 4 is 23.2 Å². The van der Waals surface area contributed by atoms with E-state index in [1.165, 1.54) is 6.07 Å². The van der Waals surface area contributed by atoms with E-state index in [-0.39, 0.29) is 24.1 Å². The molecule has 1 amide bonds. The summed E-state index contributed by atoms with van der Waals surface area (Å²) in [4.78, 5) is 23.5. The minimum absolute atomic E-state index is 0.209. The fourth-order valence-electron chi connectivity index (χ4n) is 3.71. The Balaban J connectivity index is 1.37. The minimum Gasteiger partial charge on any atom is -0.325 e. The molecule has 1 saturated heterocycles. The maximum Gasteiger partial charge on any atom is 0.238 e. The number of para-hydroxylation sites is 1. The topological polar surface area (TPSA) is 70.2 Å². The van der Waals surface area contributed by atoms with Gasteiger partial charge in [0.15, 0.2) is 0 Å². The zero-order chi connectivity index (χ0) is 20.8. The Kier molecular flexibility index (Phi) is 6.29. The number of benzene rings is 1. The normalized spacial score (nSPS) is 16.8. The van der Waals surface area contributed by atoms with Crippen LogP contribution in [-0.4, -0.2) is 40.4 Å². The van der Waals surface area contributed by atoms with E-state index in [2.05, 4.69) is 20.5 Å². The van der Waals surface area contributed by atoms with E-state index < -0.39 is 5.82 Å². The third-order valence-corrected chi connectivity index (χ3v) is 5.13. The lowest BCUT2D eigenvalue weighted by atomic mass is 9.94. The average molecular weight is 405 g/mol. The van der Waals surface area contributed by atoms with Crippen molar-refractivity contribution in [3.8, 4) is 0 Å². The van der Waals surface area contributed by atoms with Gasteiger partial charge in [-0.05, 0) is 55.8 Å². The predicted molar refractivity (Wildman–Crippen MR) is 115 cm³/mol. The third-order valence-electron chi connectivity index (χ3n) is 5.13. The average Bonchev–Trinajstić information content (AvgIpc) is 2.76. The molecular formula is C23H24FN5O. The number of anilines is 3. The molecule has 154 valence electrons. The molecular weight excluding hydrogens is 381 g/mol. The smallest absolute Gasteiger partial charge is 0.238 e. The van der Waals surface area contributed by atoms with Crippen molar-refractivity contribution in [2.24, 2.45) is 0 Å². The number of hydrogen-bond acceptors (Lipinski definition) is 5. The molecule has 4 rings (SSSR count). The summed E-state index contributed by atoms with van der Waals surface area (Å²) in [6.07, 6.45) is 3.74. The first-order valence-electron chi connectivity index (χ1n) is 10.1. The number of pyridine rings is 2. The Morgan fingerprint density at radius 2 is 1.90 bits per heavy atom. The molecule has 0 saturated carbocycles. The molecule has 0 radical (unpaired) electrons. The van der Waals surface area contributed by atoms with Crippen LogP contribution in [-0.2, 0) is 4.79 Å². The zero-order valence-electron chi connectivity index (χ0n) is 16.6. The quantitative estimate of drug-likeness (QED) is 0.644. The summed E-state index contributed by atoms with van der Waals surface area (Å²) >= 11 is 0. The van der Waals surface area contributed by atoms with Crippen molar-refractivity contribution in [1.82, 2.24) is 14.9 Å². The summed E-state index contributed by atoms with van der Waals surface area (Å²) < 4.78 is 13.8. The Labute approximate surface area is 175 Å². The number of amides is 1. The van der Waals surface area contributed by atoms with Crippen LogP contribution in [0.5, 0.6) is 0 Å². The van der Waals surface area contributed by atoms with Crippen LogP contribution in [0, 0.1) is 5.82 Å².